The van der Waals surface area contributed by atoms with Gasteiger partial charge in [-0.3, -0.25) is 4.79 Å². The van der Waals surface area contributed by atoms with Gasteiger partial charge in [0.1, 0.15) is 11.3 Å². The first kappa shape index (κ1) is 15.4. The highest BCUT2D eigenvalue weighted by Gasteiger charge is 2.38. The monoisotopic (exact) mass is 421 g/mol. The summed E-state index contributed by atoms with van der Waals surface area (Å²) in [4.78, 5) is 13.3. The maximum Gasteiger partial charge on any atom is 0.228 e. The molecule has 0 saturated carbocycles. The fourth-order valence-corrected chi connectivity index (χ4v) is 4.21. The van der Waals surface area contributed by atoms with Gasteiger partial charge >= 0.3 is 0 Å². The fraction of sp³-hybridized carbons (Fsp3) is 0.273. The van der Waals surface area contributed by atoms with E-state index in [1.165, 1.54) is 4.90 Å². The van der Waals surface area contributed by atoms with Gasteiger partial charge in [-0.25, -0.2) is 13.6 Å². The number of benzene rings is 1. The SMILES string of the molecule is N#Cc1cc(Br)cc(Br)c1N1CC(S(N)(=O)=O)CC1=O. The molecule has 1 aromatic carbocycles. The van der Waals surface area contributed by atoms with Crippen LogP contribution >= 0.6 is 31.9 Å². The van der Waals surface area contributed by atoms with Crippen LogP contribution in [0.5, 0.6) is 0 Å². The van der Waals surface area contributed by atoms with Crippen LogP contribution in [-0.2, 0) is 14.8 Å². The number of amides is 1. The number of carbonyl (C=O) groups is 1. The zero-order valence-electron chi connectivity index (χ0n) is 10.0. The molecule has 0 aromatic heterocycles. The molecule has 9 heteroatoms. The molecule has 2 rings (SSSR count). The molecule has 1 atom stereocenters. The third kappa shape index (κ3) is 2.88. The second-order valence-corrected chi connectivity index (χ2v) is 7.93. The van der Waals surface area contributed by atoms with Crippen molar-refractivity contribution >= 4 is 53.5 Å². The maximum atomic E-state index is 12.0. The van der Waals surface area contributed by atoms with Gasteiger partial charge in [-0.2, -0.15) is 5.26 Å². The molecule has 1 amide bonds. The predicted molar refractivity (Wildman–Crippen MR) is 80.4 cm³/mol. The average Bonchev–Trinajstić information content (AvgIpc) is 2.70. The van der Waals surface area contributed by atoms with E-state index in [1.807, 2.05) is 6.07 Å². The lowest BCUT2D eigenvalue weighted by molar-refractivity contribution is -0.117. The molecule has 1 unspecified atom stereocenters. The van der Waals surface area contributed by atoms with Crippen LogP contribution in [0.2, 0.25) is 0 Å². The summed E-state index contributed by atoms with van der Waals surface area (Å²) in [5.74, 6) is -0.372. The van der Waals surface area contributed by atoms with Gasteiger partial charge in [-0.1, -0.05) is 15.9 Å². The Bertz CT molecular complexity index is 727. The number of primary sulfonamides is 1. The van der Waals surface area contributed by atoms with E-state index in [0.717, 1.165) is 0 Å². The smallest absolute Gasteiger partial charge is 0.228 e. The summed E-state index contributed by atoms with van der Waals surface area (Å²) < 4.78 is 23.9. The quantitative estimate of drug-likeness (QED) is 0.778. The molecule has 0 bridgehead atoms. The van der Waals surface area contributed by atoms with Gasteiger partial charge in [-0.05, 0) is 28.1 Å². The number of hydrogen-bond donors (Lipinski definition) is 1. The zero-order chi connectivity index (χ0) is 15.1. The summed E-state index contributed by atoms with van der Waals surface area (Å²) in [6.07, 6.45) is -0.174. The molecule has 0 aliphatic carbocycles. The van der Waals surface area contributed by atoms with Crippen molar-refractivity contribution in [3.63, 3.8) is 0 Å². The van der Waals surface area contributed by atoms with Crippen LogP contribution in [0.3, 0.4) is 0 Å². The summed E-state index contributed by atoms with van der Waals surface area (Å²) in [5, 5.41) is 13.3. The molecule has 1 aromatic rings. The van der Waals surface area contributed by atoms with E-state index >= 15 is 0 Å². The Morgan fingerprint density at radius 2 is 2.05 bits per heavy atom. The normalized spacial score (nSPS) is 19.2. The fourth-order valence-electron chi connectivity index (χ4n) is 2.04. The molecule has 20 heavy (non-hydrogen) atoms. The predicted octanol–water partition coefficient (Wildman–Crippen LogP) is 1.48. The van der Waals surface area contributed by atoms with Gasteiger partial charge in [0.2, 0.25) is 15.9 Å². The number of nitrogens with two attached hydrogens (primary N) is 1. The van der Waals surface area contributed by atoms with E-state index in [1.54, 1.807) is 12.1 Å². The summed E-state index contributed by atoms with van der Waals surface area (Å²) >= 11 is 6.55. The minimum atomic E-state index is -3.79. The van der Waals surface area contributed by atoms with Crippen LogP contribution in [0.25, 0.3) is 0 Å². The largest absolute Gasteiger partial charge is 0.309 e. The van der Waals surface area contributed by atoms with E-state index in [9.17, 15) is 13.2 Å². The first-order valence-corrected chi connectivity index (χ1v) is 8.64. The van der Waals surface area contributed by atoms with Gasteiger partial charge in [0.25, 0.3) is 0 Å². The summed E-state index contributed by atoms with van der Waals surface area (Å²) in [6, 6.07) is 5.25. The Kier molecular flexibility index (Phi) is 4.20. The van der Waals surface area contributed by atoms with Crippen molar-refractivity contribution in [2.24, 2.45) is 5.14 Å². The second kappa shape index (κ2) is 5.44. The lowest BCUT2D eigenvalue weighted by Crippen LogP contribution is -2.32. The number of hydrogen-bond acceptors (Lipinski definition) is 4. The topological polar surface area (TPSA) is 104 Å². The summed E-state index contributed by atoms with van der Waals surface area (Å²) in [5.41, 5.74) is 0.640. The van der Waals surface area contributed by atoms with E-state index < -0.39 is 15.3 Å². The number of sulfonamides is 1. The molecule has 0 spiro atoms. The van der Waals surface area contributed by atoms with Crippen LogP contribution in [-0.4, -0.2) is 26.1 Å². The van der Waals surface area contributed by atoms with E-state index in [0.29, 0.717) is 14.6 Å². The Hall–Kier alpha value is -0.950. The Labute approximate surface area is 132 Å². The number of rotatable bonds is 2. The van der Waals surface area contributed by atoms with Crippen molar-refractivity contribution < 1.29 is 13.2 Å². The molecule has 2 N–H and O–H groups in total. The highest BCUT2D eigenvalue weighted by atomic mass is 79.9. The first-order valence-electron chi connectivity index (χ1n) is 5.45. The van der Waals surface area contributed by atoms with E-state index in [4.69, 9.17) is 10.4 Å². The van der Waals surface area contributed by atoms with Crippen molar-refractivity contribution in [1.82, 2.24) is 0 Å². The van der Waals surface area contributed by atoms with E-state index in [-0.39, 0.29) is 24.4 Å². The van der Waals surface area contributed by atoms with Gasteiger partial charge in [0, 0.05) is 21.9 Å². The molecule has 1 heterocycles. The van der Waals surface area contributed by atoms with Gasteiger partial charge in [-0.15, -0.1) is 0 Å². The van der Waals surface area contributed by atoms with Crippen molar-refractivity contribution in [2.75, 3.05) is 11.4 Å². The van der Waals surface area contributed by atoms with Crippen molar-refractivity contribution in [3.05, 3.63) is 26.6 Å². The third-order valence-electron chi connectivity index (χ3n) is 2.97. The van der Waals surface area contributed by atoms with Crippen LogP contribution in [0, 0.1) is 11.3 Å². The summed E-state index contributed by atoms with van der Waals surface area (Å²) in [7, 11) is -3.79. The Morgan fingerprint density at radius 3 is 2.55 bits per heavy atom. The van der Waals surface area contributed by atoms with Gasteiger partial charge in [0.05, 0.1) is 11.3 Å². The lowest BCUT2D eigenvalue weighted by atomic mass is 10.2. The van der Waals surface area contributed by atoms with Crippen LogP contribution in [0.4, 0.5) is 5.69 Å². The van der Waals surface area contributed by atoms with Crippen molar-refractivity contribution in [2.45, 2.75) is 11.7 Å². The van der Waals surface area contributed by atoms with Gasteiger partial charge in [0.15, 0.2) is 0 Å². The van der Waals surface area contributed by atoms with E-state index in [2.05, 4.69) is 31.9 Å². The lowest BCUT2D eigenvalue weighted by Gasteiger charge is -2.19. The van der Waals surface area contributed by atoms with Crippen LogP contribution in [0.15, 0.2) is 21.1 Å². The van der Waals surface area contributed by atoms with Gasteiger partial charge < -0.3 is 4.90 Å². The summed E-state index contributed by atoms with van der Waals surface area (Å²) in [6.45, 7) is -0.0490. The van der Waals surface area contributed by atoms with Crippen molar-refractivity contribution in [1.29, 1.82) is 5.26 Å². The Balaban J connectivity index is 2.49. The molecular weight excluding hydrogens is 414 g/mol. The van der Waals surface area contributed by atoms with Crippen molar-refractivity contribution in [3.8, 4) is 6.07 Å². The molecule has 1 aliphatic rings. The number of nitrogens with zero attached hydrogens (tertiary/aromatic N) is 2. The standard InChI is InChI=1S/C11H9Br2N3O3S/c12-7-1-6(4-14)11(9(13)2-7)16-5-8(3-10(16)17)20(15,18)19/h1-2,8H,3,5H2,(H2,15,18,19). The molecule has 1 saturated heterocycles. The second-order valence-electron chi connectivity index (χ2n) is 4.32. The van der Waals surface area contributed by atoms with Crippen LogP contribution < -0.4 is 10.0 Å². The van der Waals surface area contributed by atoms with Crippen LogP contribution in [0.1, 0.15) is 12.0 Å². The zero-order valence-corrected chi connectivity index (χ0v) is 14.0. The minimum absolute atomic E-state index is 0.0490. The number of anilines is 1. The Morgan fingerprint density at radius 1 is 1.40 bits per heavy atom. The molecule has 106 valence electrons. The average molecular weight is 423 g/mol. The minimum Gasteiger partial charge on any atom is -0.309 e. The number of carbonyl (C=O) groups excluding carboxylic acids is 1. The molecular formula is C11H9Br2N3O3S. The maximum absolute atomic E-state index is 12.0. The molecule has 1 aliphatic heterocycles. The third-order valence-corrected chi connectivity index (χ3v) is 5.28. The molecule has 0 radical (unpaired) electrons. The number of nitriles is 1. The first-order chi connectivity index (χ1) is 9.24. The highest BCUT2D eigenvalue weighted by Crippen LogP contribution is 2.36. The number of halogens is 2. The highest BCUT2D eigenvalue weighted by molar-refractivity contribution is 9.11. The molecule has 1 fully saturated rings. The molecule has 6 nitrogen and oxygen atoms in total.